The maximum Gasteiger partial charge on any atom is 0.238 e. The van der Waals surface area contributed by atoms with Crippen LogP contribution in [0.15, 0.2) is 18.2 Å². The Hall–Kier alpha value is -1.59. The van der Waals surface area contributed by atoms with E-state index >= 15 is 0 Å². The minimum atomic E-state index is -0.142. The maximum atomic E-state index is 12.0. The Labute approximate surface area is 119 Å². The van der Waals surface area contributed by atoms with E-state index in [9.17, 15) is 9.90 Å². The fourth-order valence-electron chi connectivity index (χ4n) is 2.58. The Balaban J connectivity index is 1.81. The summed E-state index contributed by atoms with van der Waals surface area (Å²) in [6.45, 7) is 3.09. The molecule has 0 saturated heterocycles. The van der Waals surface area contributed by atoms with Gasteiger partial charge < -0.3 is 16.2 Å². The number of hydrogen-bond donors (Lipinski definition) is 3. The molecule has 2 rings (SSSR count). The fraction of sp³-hybridized carbons (Fsp3) is 0.533. The van der Waals surface area contributed by atoms with Gasteiger partial charge in [-0.1, -0.05) is 6.07 Å². The van der Waals surface area contributed by atoms with Gasteiger partial charge in [0.2, 0.25) is 5.91 Å². The number of carbonyl (C=O) groups excluding carboxylic acids is 1. The van der Waals surface area contributed by atoms with Crippen molar-refractivity contribution in [2.24, 2.45) is 5.92 Å². The van der Waals surface area contributed by atoms with Crippen molar-refractivity contribution in [3.63, 3.8) is 0 Å². The number of anilines is 2. The smallest absolute Gasteiger partial charge is 0.238 e. The van der Waals surface area contributed by atoms with E-state index < -0.39 is 0 Å². The van der Waals surface area contributed by atoms with Crippen molar-refractivity contribution in [2.45, 2.75) is 25.9 Å². The summed E-state index contributed by atoms with van der Waals surface area (Å²) in [5.74, 6) is 0.470. The minimum absolute atomic E-state index is 0.0407. The number of nitrogens with zero attached hydrogens (tertiary/aromatic N) is 1. The lowest BCUT2D eigenvalue weighted by atomic mass is 9.82. The Kier molecular flexibility index (Phi) is 4.62. The molecular formula is C15H23N3O2. The summed E-state index contributed by atoms with van der Waals surface area (Å²) >= 11 is 0. The highest BCUT2D eigenvalue weighted by Gasteiger charge is 2.28. The molecule has 1 aliphatic carbocycles. The van der Waals surface area contributed by atoms with Gasteiger partial charge >= 0.3 is 0 Å². The number of aliphatic hydroxyl groups is 1. The number of likely N-dealkylation sites (N-methyl/N-ethyl adjacent to an activating group) is 1. The highest BCUT2D eigenvalue weighted by atomic mass is 16.3. The Morgan fingerprint density at radius 2 is 2.20 bits per heavy atom. The van der Waals surface area contributed by atoms with Gasteiger partial charge in [-0.15, -0.1) is 0 Å². The highest BCUT2D eigenvalue weighted by Crippen LogP contribution is 2.27. The second kappa shape index (κ2) is 6.24. The quantitative estimate of drug-likeness (QED) is 0.707. The number of nitrogen functional groups attached to an aromatic ring is 1. The van der Waals surface area contributed by atoms with Crippen LogP contribution in [0.2, 0.25) is 0 Å². The molecular weight excluding hydrogens is 254 g/mol. The van der Waals surface area contributed by atoms with Crippen LogP contribution in [0, 0.1) is 12.8 Å². The first-order valence-corrected chi connectivity index (χ1v) is 6.97. The molecule has 5 nitrogen and oxygen atoms in total. The van der Waals surface area contributed by atoms with E-state index in [4.69, 9.17) is 5.73 Å². The monoisotopic (exact) mass is 277 g/mol. The third-order valence-electron chi connectivity index (χ3n) is 3.84. The van der Waals surface area contributed by atoms with Crippen molar-refractivity contribution in [1.29, 1.82) is 0 Å². The summed E-state index contributed by atoms with van der Waals surface area (Å²) in [7, 11) is 1.93. The highest BCUT2D eigenvalue weighted by molar-refractivity contribution is 5.93. The second-order valence-corrected chi connectivity index (χ2v) is 5.76. The average Bonchev–Trinajstić information content (AvgIpc) is 2.33. The molecule has 1 aromatic rings. The molecule has 0 unspecified atom stereocenters. The molecule has 20 heavy (non-hydrogen) atoms. The molecule has 4 N–H and O–H groups in total. The lowest BCUT2D eigenvalue weighted by molar-refractivity contribution is -0.117. The van der Waals surface area contributed by atoms with E-state index in [1.54, 1.807) is 0 Å². The number of amides is 1. The molecule has 1 aromatic carbocycles. The van der Waals surface area contributed by atoms with Crippen molar-refractivity contribution in [2.75, 3.05) is 31.2 Å². The lowest BCUT2D eigenvalue weighted by Gasteiger charge is -2.34. The van der Waals surface area contributed by atoms with Crippen LogP contribution < -0.4 is 11.1 Å². The molecule has 0 atom stereocenters. The predicted octanol–water partition coefficient (Wildman–Crippen LogP) is 1.22. The number of aliphatic hydroxyl groups excluding tert-OH is 1. The molecule has 0 aromatic heterocycles. The van der Waals surface area contributed by atoms with Crippen molar-refractivity contribution in [1.82, 2.24) is 4.90 Å². The number of rotatable bonds is 5. The van der Waals surface area contributed by atoms with Crippen molar-refractivity contribution in [3.8, 4) is 0 Å². The number of carbonyl (C=O) groups is 1. The van der Waals surface area contributed by atoms with Gasteiger partial charge in [-0.2, -0.15) is 0 Å². The SMILES string of the molecule is Cc1c(N)cccc1NC(=O)CN(C)CC1CC(O)C1. The number of hydrogen-bond acceptors (Lipinski definition) is 4. The molecule has 0 aliphatic heterocycles. The molecule has 1 saturated carbocycles. The summed E-state index contributed by atoms with van der Waals surface area (Å²) in [6, 6.07) is 5.50. The Morgan fingerprint density at radius 1 is 1.50 bits per heavy atom. The summed E-state index contributed by atoms with van der Waals surface area (Å²) in [5, 5.41) is 12.1. The normalized spacial score (nSPS) is 21.6. The molecule has 1 fully saturated rings. The van der Waals surface area contributed by atoms with Crippen LogP contribution in [-0.2, 0) is 4.79 Å². The summed E-state index contributed by atoms with van der Waals surface area (Å²) in [5.41, 5.74) is 8.16. The van der Waals surface area contributed by atoms with Crippen LogP contribution in [0.1, 0.15) is 18.4 Å². The minimum Gasteiger partial charge on any atom is -0.398 e. The predicted molar refractivity (Wildman–Crippen MR) is 80.4 cm³/mol. The van der Waals surface area contributed by atoms with Crippen LogP contribution in [0.5, 0.6) is 0 Å². The number of nitrogens with one attached hydrogen (secondary N) is 1. The van der Waals surface area contributed by atoms with Crippen molar-refractivity contribution < 1.29 is 9.90 Å². The maximum absolute atomic E-state index is 12.0. The van der Waals surface area contributed by atoms with Gasteiger partial charge in [0, 0.05) is 17.9 Å². The zero-order valence-electron chi connectivity index (χ0n) is 12.1. The van der Waals surface area contributed by atoms with Gasteiger partial charge in [-0.25, -0.2) is 0 Å². The molecule has 0 bridgehead atoms. The van der Waals surface area contributed by atoms with Gasteiger partial charge in [0.1, 0.15) is 0 Å². The first kappa shape index (κ1) is 14.8. The van der Waals surface area contributed by atoms with Gasteiger partial charge in [-0.05, 0) is 50.4 Å². The van der Waals surface area contributed by atoms with E-state index in [2.05, 4.69) is 5.32 Å². The van der Waals surface area contributed by atoms with Crippen molar-refractivity contribution in [3.05, 3.63) is 23.8 Å². The summed E-state index contributed by atoms with van der Waals surface area (Å²) in [4.78, 5) is 14.0. The third kappa shape index (κ3) is 3.71. The summed E-state index contributed by atoms with van der Waals surface area (Å²) < 4.78 is 0. The van der Waals surface area contributed by atoms with E-state index in [-0.39, 0.29) is 12.0 Å². The van der Waals surface area contributed by atoms with E-state index in [1.165, 1.54) is 0 Å². The van der Waals surface area contributed by atoms with E-state index in [0.29, 0.717) is 18.2 Å². The molecule has 1 amide bonds. The third-order valence-corrected chi connectivity index (χ3v) is 3.84. The number of benzene rings is 1. The molecule has 0 heterocycles. The van der Waals surface area contributed by atoms with Gasteiger partial charge in [0.05, 0.1) is 12.6 Å². The molecule has 0 spiro atoms. The Bertz CT molecular complexity index is 484. The first-order valence-electron chi connectivity index (χ1n) is 6.97. The zero-order chi connectivity index (χ0) is 14.7. The standard InChI is InChI=1S/C15H23N3O2/c1-10-13(16)4-3-5-14(10)17-15(20)9-18(2)8-11-6-12(19)7-11/h3-5,11-12,19H,6-9,16H2,1-2H3,(H,17,20). The number of nitrogens with two attached hydrogens (primary N) is 1. The van der Waals surface area contributed by atoms with Crippen molar-refractivity contribution >= 4 is 17.3 Å². The Morgan fingerprint density at radius 3 is 2.85 bits per heavy atom. The van der Waals surface area contributed by atoms with Crippen LogP contribution in [0.4, 0.5) is 11.4 Å². The molecule has 5 heteroatoms. The molecule has 1 aliphatic rings. The fourth-order valence-corrected chi connectivity index (χ4v) is 2.58. The largest absolute Gasteiger partial charge is 0.398 e. The van der Waals surface area contributed by atoms with Crippen LogP contribution in [-0.4, -0.2) is 42.2 Å². The van der Waals surface area contributed by atoms with E-state index in [0.717, 1.165) is 30.6 Å². The topological polar surface area (TPSA) is 78.6 Å². The first-order chi connectivity index (χ1) is 9.45. The second-order valence-electron chi connectivity index (χ2n) is 5.76. The van der Waals surface area contributed by atoms with E-state index in [1.807, 2.05) is 37.1 Å². The van der Waals surface area contributed by atoms with Crippen LogP contribution in [0.3, 0.4) is 0 Å². The average molecular weight is 277 g/mol. The zero-order valence-corrected chi connectivity index (χ0v) is 12.1. The molecule has 110 valence electrons. The van der Waals surface area contributed by atoms with Gasteiger partial charge in [0.15, 0.2) is 0 Å². The summed E-state index contributed by atoms with van der Waals surface area (Å²) in [6.07, 6.45) is 1.55. The molecule has 0 radical (unpaired) electrons. The van der Waals surface area contributed by atoms with Crippen LogP contribution in [0.25, 0.3) is 0 Å². The van der Waals surface area contributed by atoms with Gasteiger partial charge in [0.25, 0.3) is 0 Å². The van der Waals surface area contributed by atoms with Crippen LogP contribution >= 0.6 is 0 Å². The lowest BCUT2D eigenvalue weighted by Crippen LogP contribution is -2.40. The van der Waals surface area contributed by atoms with Gasteiger partial charge in [-0.3, -0.25) is 9.69 Å².